The Morgan fingerprint density at radius 2 is 2.17 bits per heavy atom. The second-order valence-corrected chi connectivity index (χ2v) is 5.54. The third-order valence-electron chi connectivity index (χ3n) is 3.75. The lowest BCUT2D eigenvalue weighted by atomic mass is 9.94. The normalized spacial score (nSPS) is 13.2. The average molecular weight is 343 g/mol. The summed E-state index contributed by atoms with van der Waals surface area (Å²) in [7, 11) is 1.54. The van der Waals surface area contributed by atoms with Gasteiger partial charge < -0.3 is 15.6 Å². The minimum Gasteiger partial charge on any atom is -0.497 e. The van der Waals surface area contributed by atoms with Gasteiger partial charge in [-0.15, -0.1) is 12.4 Å². The van der Waals surface area contributed by atoms with Crippen LogP contribution in [0, 0.1) is 5.82 Å². The summed E-state index contributed by atoms with van der Waals surface area (Å²) in [6, 6.07) is 5.26. The van der Waals surface area contributed by atoms with Crippen molar-refractivity contribution in [3.05, 3.63) is 35.8 Å². The first-order valence-electron chi connectivity index (χ1n) is 6.98. The summed E-state index contributed by atoms with van der Waals surface area (Å²) >= 11 is 0. The topological polar surface area (TPSA) is 85.4 Å². The van der Waals surface area contributed by atoms with Crippen LogP contribution in [0.3, 0.4) is 0 Å². The van der Waals surface area contributed by atoms with E-state index in [-0.39, 0.29) is 18.8 Å². The van der Waals surface area contributed by atoms with Crippen molar-refractivity contribution in [3.63, 3.8) is 0 Å². The molecule has 0 saturated heterocycles. The van der Waals surface area contributed by atoms with Gasteiger partial charge in [0.2, 0.25) is 0 Å². The van der Waals surface area contributed by atoms with Crippen molar-refractivity contribution in [2.24, 2.45) is 5.73 Å². The highest BCUT2D eigenvalue weighted by molar-refractivity contribution is 5.85. The minimum atomic E-state index is -1.31. The highest BCUT2D eigenvalue weighted by Gasteiger charge is 2.27. The van der Waals surface area contributed by atoms with E-state index in [2.05, 4.69) is 4.98 Å². The second kappa shape index (κ2) is 7.57. The van der Waals surface area contributed by atoms with Crippen molar-refractivity contribution in [2.75, 3.05) is 7.11 Å². The maximum Gasteiger partial charge on any atom is 0.323 e. The molecular weight excluding hydrogens is 323 g/mol. The highest BCUT2D eigenvalue weighted by Crippen LogP contribution is 2.26. The van der Waals surface area contributed by atoms with E-state index in [0.29, 0.717) is 35.1 Å². The molecule has 126 valence electrons. The molecule has 1 atom stereocenters. The number of nitrogens with two attached hydrogens (primary N) is 1. The van der Waals surface area contributed by atoms with Gasteiger partial charge in [0.1, 0.15) is 17.1 Å². The number of hydrogen-bond donors (Lipinski definition) is 2. The molecule has 3 N–H and O–H groups in total. The number of fused-ring (bicyclic) bond motifs is 1. The number of carbonyl (C=O) groups is 1. The van der Waals surface area contributed by atoms with Gasteiger partial charge in [-0.1, -0.05) is 0 Å². The van der Waals surface area contributed by atoms with Gasteiger partial charge in [-0.3, -0.25) is 9.78 Å². The van der Waals surface area contributed by atoms with Gasteiger partial charge in [0.15, 0.2) is 0 Å². The number of carboxylic acid groups (broad SMARTS) is 1. The lowest BCUT2D eigenvalue weighted by Crippen LogP contribution is -2.44. The van der Waals surface area contributed by atoms with Crippen LogP contribution in [0.15, 0.2) is 24.4 Å². The number of aromatic nitrogens is 1. The van der Waals surface area contributed by atoms with Crippen molar-refractivity contribution in [3.8, 4) is 5.75 Å². The number of benzene rings is 1. The molecular formula is C16H20ClFN2O3. The Balaban J connectivity index is 0.00000264. The van der Waals surface area contributed by atoms with Crippen LogP contribution in [0.2, 0.25) is 0 Å². The molecule has 0 aliphatic rings. The number of carboxylic acids is 1. The molecule has 1 heterocycles. The lowest BCUT2D eigenvalue weighted by Gasteiger charge is -2.19. The van der Waals surface area contributed by atoms with E-state index in [9.17, 15) is 9.18 Å². The van der Waals surface area contributed by atoms with Gasteiger partial charge in [-0.2, -0.15) is 0 Å². The largest absolute Gasteiger partial charge is 0.497 e. The predicted molar refractivity (Wildman–Crippen MR) is 88.7 cm³/mol. The van der Waals surface area contributed by atoms with Crippen LogP contribution >= 0.6 is 12.4 Å². The van der Waals surface area contributed by atoms with Crippen molar-refractivity contribution >= 4 is 29.3 Å². The number of nitrogens with zero attached hydrogens (tertiary/aromatic N) is 1. The third-order valence-corrected chi connectivity index (χ3v) is 3.75. The first-order chi connectivity index (χ1) is 10.3. The molecule has 1 aromatic heterocycles. The Bertz CT molecular complexity index is 707. The molecule has 1 unspecified atom stereocenters. The number of pyridine rings is 1. The lowest BCUT2D eigenvalue weighted by molar-refractivity contribution is -0.142. The zero-order valence-electron chi connectivity index (χ0n) is 13.0. The molecule has 5 nitrogen and oxygen atoms in total. The Morgan fingerprint density at radius 1 is 1.48 bits per heavy atom. The van der Waals surface area contributed by atoms with Gasteiger partial charge in [0.05, 0.1) is 18.8 Å². The summed E-state index contributed by atoms with van der Waals surface area (Å²) in [5, 5.41) is 9.68. The number of methoxy groups -OCH3 is 1. The summed E-state index contributed by atoms with van der Waals surface area (Å²) in [6.45, 7) is 1.46. The van der Waals surface area contributed by atoms with E-state index in [0.717, 1.165) is 0 Å². The third kappa shape index (κ3) is 4.30. The molecule has 0 spiro atoms. The fourth-order valence-corrected chi connectivity index (χ4v) is 2.32. The van der Waals surface area contributed by atoms with Crippen molar-refractivity contribution < 1.29 is 19.0 Å². The van der Waals surface area contributed by atoms with Crippen molar-refractivity contribution in [1.29, 1.82) is 0 Å². The van der Waals surface area contributed by atoms with E-state index in [4.69, 9.17) is 15.6 Å². The van der Waals surface area contributed by atoms with Crippen molar-refractivity contribution in [2.45, 2.75) is 31.7 Å². The molecule has 23 heavy (non-hydrogen) atoms. The number of aliphatic carboxylic acids is 1. The SMILES string of the molecule is COc1ccc2ncc(F)c(CCCC(C)(N)C(=O)O)c2c1.Cl. The summed E-state index contributed by atoms with van der Waals surface area (Å²) in [4.78, 5) is 15.1. The molecule has 0 radical (unpaired) electrons. The molecule has 0 bridgehead atoms. The second-order valence-electron chi connectivity index (χ2n) is 5.54. The molecule has 0 aliphatic heterocycles. The number of ether oxygens (including phenoxy) is 1. The van der Waals surface area contributed by atoms with Crippen molar-refractivity contribution in [1.82, 2.24) is 4.98 Å². The fourth-order valence-electron chi connectivity index (χ4n) is 2.32. The summed E-state index contributed by atoms with van der Waals surface area (Å²) < 4.78 is 19.2. The van der Waals surface area contributed by atoms with Gasteiger partial charge in [0.25, 0.3) is 0 Å². The zero-order chi connectivity index (χ0) is 16.3. The Labute approximate surface area is 140 Å². The van der Waals surface area contributed by atoms with Crippen LogP contribution in [0.4, 0.5) is 4.39 Å². The van der Waals surface area contributed by atoms with Gasteiger partial charge in [-0.05, 0) is 49.9 Å². The number of halogens is 2. The number of hydrogen-bond acceptors (Lipinski definition) is 4. The van der Waals surface area contributed by atoms with E-state index in [1.165, 1.54) is 13.1 Å². The van der Waals surface area contributed by atoms with E-state index < -0.39 is 17.3 Å². The number of rotatable bonds is 6. The van der Waals surface area contributed by atoms with E-state index >= 15 is 0 Å². The summed E-state index contributed by atoms with van der Waals surface area (Å²) in [5.74, 6) is -0.848. The summed E-state index contributed by atoms with van der Waals surface area (Å²) in [6.07, 6.45) is 2.29. The molecule has 7 heteroatoms. The first-order valence-corrected chi connectivity index (χ1v) is 6.98. The maximum atomic E-state index is 14.1. The Hall–Kier alpha value is -1.92. The van der Waals surface area contributed by atoms with E-state index in [1.54, 1.807) is 25.3 Å². The molecule has 0 fully saturated rings. The fraction of sp³-hybridized carbons (Fsp3) is 0.375. The maximum absolute atomic E-state index is 14.1. The predicted octanol–water partition coefficient (Wildman–Crippen LogP) is 2.93. The van der Waals surface area contributed by atoms with Crippen LogP contribution in [-0.2, 0) is 11.2 Å². The molecule has 2 rings (SSSR count). The van der Waals surface area contributed by atoms with E-state index in [1.807, 2.05) is 0 Å². The van der Waals surface area contributed by atoms with Crippen LogP contribution in [0.5, 0.6) is 5.75 Å². The first kappa shape index (κ1) is 19.1. The van der Waals surface area contributed by atoms with Gasteiger partial charge >= 0.3 is 5.97 Å². The van der Waals surface area contributed by atoms with Gasteiger partial charge in [0, 0.05) is 5.39 Å². The van der Waals surface area contributed by atoms with Crippen LogP contribution in [0.1, 0.15) is 25.3 Å². The average Bonchev–Trinajstić information content (AvgIpc) is 2.48. The minimum absolute atomic E-state index is 0. The molecule has 2 aromatic rings. The molecule has 1 aromatic carbocycles. The Morgan fingerprint density at radius 3 is 2.78 bits per heavy atom. The molecule has 0 amide bonds. The van der Waals surface area contributed by atoms with Crippen LogP contribution in [-0.4, -0.2) is 28.7 Å². The standard InChI is InChI=1S/C16H19FN2O3.ClH/c1-16(18,15(20)21)7-3-4-11-12-8-10(22-2)5-6-14(12)19-9-13(11)17;/h5-6,8-9H,3-4,7,18H2,1-2H3,(H,20,21);1H. The monoisotopic (exact) mass is 342 g/mol. The highest BCUT2D eigenvalue weighted by atomic mass is 35.5. The zero-order valence-corrected chi connectivity index (χ0v) is 13.8. The van der Waals surface area contributed by atoms with Crippen LogP contribution in [0.25, 0.3) is 10.9 Å². The molecule has 0 saturated carbocycles. The van der Waals surface area contributed by atoms with Gasteiger partial charge in [-0.25, -0.2) is 4.39 Å². The Kier molecular flexibility index (Phi) is 6.29. The quantitative estimate of drug-likeness (QED) is 0.843. The smallest absolute Gasteiger partial charge is 0.323 e. The summed E-state index contributed by atoms with van der Waals surface area (Å²) in [5.41, 5.74) is 5.56. The molecule has 0 aliphatic carbocycles. The number of aryl methyl sites for hydroxylation is 1. The van der Waals surface area contributed by atoms with Crippen LogP contribution < -0.4 is 10.5 Å².